The number of hydrogen-bond donors (Lipinski definition) is 1. The van der Waals surface area contributed by atoms with Crippen molar-refractivity contribution >= 4 is 34.2 Å². The van der Waals surface area contributed by atoms with E-state index in [1.807, 2.05) is 68.5 Å². The van der Waals surface area contributed by atoms with Crippen molar-refractivity contribution in [3.8, 4) is 0 Å². The monoisotopic (exact) mass is 530 g/mol. The molecule has 39 heavy (non-hydrogen) atoms. The second kappa shape index (κ2) is 9.31. The van der Waals surface area contributed by atoms with E-state index in [-0.39, 0.29) is 37.5 Å². The van der Waals surface area contributed by atoms with Crippen molar-refractivity contribution in [3.63, 3.8) is 0 Å². The highest BCUT2D eigenvalue weighted by Crippen LogP contribution is 2.58. The number of cyclic esters (lactones) is 1. The molecule has 8 nitrogen and oxygen atoms in total. The zero-order valence-corrected chi connectivity index (χ0v) is 22.4. The van der Waals surface area contributed by atoms with Gasteiger partial charge in [-0.2, -0.15) is 0 Å². The minimum Gasteiger partial charge on any atom is -0.461 e. The Morgan fingerprint density at radius 2 is 1.77 bits per heavy atom. The van der Waals surface area contributed by atoms with Gasteiger partial charge >= 0.3 is 5.97 Å². The summed E-state index contributed by atoms with van der Waals surface area (Å²) in [4.78, 5) is 45.4. The number of aliphatic hydroxyl groups excluding tert-OH is 1. The third-order valence-electron chi connectivity index (χ3n) is 8.64. The van der Waals surface area contributed by atoms with Crippen LogP contribution in [-0.4, -0.2) is 70.8 Å². The Bertz CT molecular complexity index is 1400. The molecule has 0 aliphatic carbocycles. The van der Waals surface area contributed by atoms with E-state index in [2.05, 4.69) is 0 Å². The molecule has 2 aromatic carbocycles. The van der Waals surface area contributed by atoms with Crippen LogP contribution in [0.1, 0.15) is 27.2 Å². The van der Waals surface area contributed by atoms with Gasteiger partial charge in [-0.15, -0.1) is 0 Å². The maximum absolute atomic E-state index is 14.6. The minimum atomic E-state index is -1.38. The van der Waals surface area contributed by atoms with Crippen LogP contribution in [0.5, 0.6) is 0 Å². The number of hydrogen-bond acceptors (Lipinski definition) is 6. The molecule has 1 N–H and O–H groups in total. The predicted molar refractivity (Wildman–Crippen MR) is 146 cm³/mol. The first-order chi connectivity index (χ1) is 18.7. The number of likely N-dealkylation sites (tertiary alicyclic amines) is 1. The Morgan fingerprint density at radius 3 is 2.51 bits per heavy atom. The van der Waals surface area contributed by atoms with E-state index < -0.39 is 41.1 Å². The molecule has 4 aliphatic rings. The van der Waals surface area contributed by atoms with E-state index in [4.69, 9.17) is 9.47 Å². The number of rotatable bonds is 5. The molecule has 0 aromatic heterocycles. The second-order valence-corrected chi connectivity index (χ2v) is 11.6. The summed E-state index contributed by atoms with van der Waals surface area (Å²) in [5.74, 6) is -2.89. The summed E-state index contributed by atoms with van der Waals surface area (Å²) in [6, 6.07) is 12.1. The maximum atomic E-state index is 14.6. The molecule has 2 fully saturated rings. The van der Waals surface area contributed by atoms with Crippen LogP contribution in [0.3, 0.4) is 0 Å². The number of aliphatic hydroxyl groups is 1. The average molecular weight is 531 g/mol. The Kier molecular flexibility index (Phi) is 6.15. The van der Waals surface area contributed by atoms with Gasteiger partial charge in [0.2, 0.25) is 5.91 Å². The highest BCUT2D eigenvalue weighted by molar-refractivity contribution is 6.06. The highest BCUT2D eigenvalue weighted by atomic mass is 16.6. The Hall–Kier alpha value is -3.49. The number of nitrogens with zero attached hydrogens (tertiary/aromatic N) is 2. The lowest BCUT2D eigenvalue weighted by Crippen LogP contribution is -2.59. The Balaban J connectivity index is 1.50. The van der Waals surface area contributed by atoms with E-state index in [0.717, 1.165) is 10.8 Å². The summed E-state index contributed by atoms with van der Waals surface area (Å²) < 4.78 is 12.2. The van der Waals surface area contributed by atoms with Gasteiger partial charge in [0.25, 0.3) is 5.91 Å². The van der Waals surface area contributed by atoms with Crippen molar-refractivity contribution in [1.29, 1.82) is 0 Å². The average Bonchev–Trinajstić information content (AvgIpc) is 3.17. The molecule has 204 valence electrons. The lowest BCUT2D eigenvalue weighted by Gasteiger charge is -2.40. The van der Waals surface area contributed by atoms with Gasteiger partial charge in [0, 0.05) is 12.2 Å². The van der Waals surface area contributed by atoms with E-state index >= 15 is 0 Å². The normalized spacial score (nSPS) is 32.6. The highest BCUT2D eigenvalue weighted by Gasteiger charge is 2.75. The maximum Gasteiger partial charge on any atom is 0.313 e. The third kappa shape index (κ3) is 3.84. The molecule has 2 aromatic rings. The molecule has 0 saturated carbocycles. The Morgan fingerprint density at radius 1 is 1.00 bits per heavy atom. The van der Waals surface area contributed by atoms with Gasteiger partial charge in [-0.1, -0.05) is 62.4 Å². The van der Waals surface area contributed by atoms with Crippen molar-refractivity contribution in [3.05, 3.63) is 66.8 Å². The molecule has 4 aliphatic heterocycles. The third-order valence-corrected chi connectivity index (χ3v) is 8.64. The van der Waals surface area contributed by atoms with Crippen LogP contribution in [0.15, 0.2) is 66.8 Å². The number of fused-ring (bicyclic) bond motifs is 3. The summed E-state index contributed by atoms with van der Waals surface area (Å²) in [6.45, 7) is 5.89. The van der Waals surface area contributed by atoms with E-state index in [0.29, 0.717) is 12.1 Å². The van der Waals surface area contributed by atoms with Gasteiger partial charge in [-0.25, -0.2) is 0 Å². The fraction of sp³-hybridized carbons (Fsp3) is 0.452. The predicted octanol–water partition coefficient (Wildman–Crippen LogP) is 3.23. The number of amides is 2. The number of carbonyl (C=O) groups excluding carboxylic acids is 3. The molecule has 8 heteroatoms. The standard InChI is InChI=1S/C31H34N2O6/c1-19(2)16-23(18-34)33-26-28(36)32(22-11-10-20-8-4-5-9-21(20)17-22)14-6-13-31(26)24(27(33)35)25-29(37)38-15-7-12-30(25,3)39-31/h4-13,17,19,23-26,34H,14-16,18H2,1-3H3/t23-,24+,25+,26?,30-,31+/m1/s1. The zero-order valence-electron chi connectivity index (χ0n) is 22.4. The molecule has 1 spiro atoms. The van der Waals surface area contributed by atoms with Crippen LogP contribution < -0.4 is 4.90 Å². The molecular formula is C31H34N2O6. The molecule has 6 atom stereocenters. The molecule has 2 saturated heterocycles. The summed E-state index contributed by atoms with van der Waals surface area (Å²) >= 11 is 0. The van der Waals surface area contributed by atoms with E-state index in [1.165, 1.54) is 4.90 Å². The van der Waals surface area contributed by atoms with Crippen molar-refractivity contribution < 1.29 is 29.0 Å². The molecule has 0 bridgehead atoms. The van der Waals surface area contributed by atoms with Crippen LogP contribution in [-0.2, 0) is 23.9 Å². The number of benzene rings is 2. The number of ether oxygens (including phenoxy) is 2. The van der Waals surface area contributed by atoms with Crippen molar-refractivity contribution in [2.45, 2.75) is 50.5 Å². The number of carbonyl (C=O) groups is 3. The summed E-state index contributed by atoms with van der Waals surface area (Å²) in [6.07, 6.45) is 7.68. The van der Waals surface area contributed by atoms with Gasteiger partial charge in [0.15, 0.2) is 0 Å². The summed E-state index contributed by atoms with van der Waals surface area (Å²) in [7, 11) is 0. The van der Waals surface area contributed by atoms with Gasteiger partial charge < -0.3 is 24.4 Å². The largest absolute Gasteiger partial charge is 0.461 e. The Labute approximate surface area is 227 Å². The first-order valence-corrected chi connectivity index (χ1v) is 13.7. The zero-order chi connectivity index (χ0) is 27.5. The quantitative estimate of drug-likeness (QED) is 0.471. The fourth-order valence-corrected chi connectivity index (χ4v) is 7.08. The van der Waals surface area contributed by atoms with E-state index in [9.17, 15) is 19.5 Å². The molecule has 4 heterocycles. The second-order valence-electron chi connectivity index (χ2n) is 11.6. The van der Waals surface area contributed by atoms with Crippen molar-refractivity contribution in [2.24, 2.45) is 17.8 Å². The van der Waals surface area contributed by atoms with Crippen LogP contribution >= 0.6 is 0 Å². The van der Waals surface area contributed by atoms with Crippen LogP contribution in [0, 0.1) is 17.8 Å². The fourth-order valence-electron chi connectivity index (χ4n) is 7.08. The van der Waals surface area contributed by atoms with Gasteiger partial charge in [-0.05, 0) is 48.2 Å². The summed E-state index contributed by atoms with van der Waals surface area (Å²) in [5.41, 5.74) is -1.80. The van der Waals surface area contributed by atoms with Crippen LogP contribution in [0.2, 0.25) is 0 Å². The minimum absolute atomic E-state index is 0.104. The van der Waals surface area contributed by atoms with Gasteiger partial charge in [0.1, 0.15) is 24.2 Å². The smallest absolute Gasteiger partial charge is 0.313 e. The van der Waals surface area contributed by atoms with E-state index in [1.54, 1.807) is 24.0 Å². The van der Waals surface area contributed by atoms with Crippen LogP contribution in [0.25, 0.3) is 10.8 Å². The molecule has 0 radical (unpaired) electrons. The molecule has 1 unspecified atom stereocenters. The summed E-state index contributed by atoms with van der Waals surface area (Å²) in [5, 5.41) is 12.5. The van der Waals surface area contributed by atoms with Gasteiger partial charge in [0.05, 0.1) is 24.2 Å². The first kappa shape index (κ1) is 25.8. The van der Waals surface area contributed by atoms with Crippen molar-refractivity contribution in [1.82, 2.24) is 4.90 Å². The van der Waals surface area contributed by atoms with Crippen LogP contribution in [0.4, 0.5) is 5.69 Å². The van der Waals surface area contributed by atoms with Crippen molar-refractivity contribution in [2.75, 3.05) is 24.7 Å². The molecule has 6 rings (SSSR count). The van der Waals surface area contributed by atoms with Gasteiger partial charge in [-0.3, -0.25) is 14.4 Å². The SMILES string of the molecule is CC(C)C[C@H](CO)N1C(=O)[C@@H]2[C@H]3C(=O)OCC=C[C@@]3(C)O[C@@]23C=CCN(c2ccc4ccccc4c2)C(=O)C13. The first-order valence-electron chi connectivity index (χ1n) is 13.7. The lowest BCUT2D eigenvalue weighted by atomic mass is 9.75. The lowest BCUT2D eigenvalue weighted by molar-refractivity contribution is -0.158. The topological polar surface area (TPSA) is 96.4 Å². The molecular weight excluding hydrogens is 496 g/mol. The molecule has 2 amide bonds. The number of esters is 1. The number of anilines is 1.